The number of anilines is 2. The van der Waals surface area contributed by atoms with Crippen LogP contribution in [-0.2, 0) is 0 Å². The maximum absolute atomic E-state index is 5.40. The predicted octanol–water partition coefficient (Wildman–Crippen LogP) is 2.70. The summed E-state index contributed by atoms with van der Waals surface area (Å²) in [6.07, 6.45) is 5.17. The Kier molecular flexibility index (Phi) is 5.85. The van der Waals surface area contributed by atoms with Crippen LogP contribution in [0, 0.1) is 12.8 Å². The number of nitrogen functional groups attached to an aromatic ring is 1. The normalized spacial score (nSPS) is 12.6. The van der Waals surface area contributed by atoms with E-state index >= 15 is 0 Å². The van der Waals surface area contributed by atoms with Crippen molar-refractivity contribution in [2.24, 2.45) is 11.8 Å². The number of hydrogen-bond donors (Lipinski definition) is 3. The Hall–Kier alpha value is -1.36. The van der Waals surface area contributed by atoms with Crippen LogP contribution >= 0.6 is 0 Å². The molecule has 0 amide bonds. The molecule has 1 atom stereocenters. The minimum absolute atomic E-state index is 0.406. The second-order valence-electron chi connectivity index (χ2n) is 5.21. The van der Waals surface area contributed by atoms with Crippen LogP contribution in [0.25, 0.3) is 0 Å². The first-order chi connectivity index (χ1) is 8.54. The number of hydrogen-bond acceptors (Lipinski definition) is 5. The van der Waals surface area contributed by atoms with Crippen LogP contribution in [0.2, 0.25) is 0 Å². The molecule has 102 valence electrons. The van der Waals surface area contributed by atoms with Crippen LogP contribution in [0.5, 0.6) is 0 Å². The van der Waals surface area contributed by atoms with Gasteiger partial charge in [0, 0.05) is 11.6 Å². The molecule has 0 aliphatic heterocycles. The van der Waals surface area contributed by atoms with Crippen LogP contribution in [0.1, 0.15) is 45.6 Å². The number of rotatable bonds is 7. The molecule has 0 aliphatic carbocycles. The molecule has 0 saturated heterocycles. The number of nitrogens with one attached hydrogen (secondary N) is 2. The first-order valence-corrected chi connectivity index (χ1v) is 6.59. The van der Waals surface area contributed by atoms with Gasteiger partial charge < -0.3 is 10.7 Å². The van der Waals surface area contributed by atoms with Crippen molar-refractivity contribution in [2.75, 3.05) is 10.7 Å². The standard InChI is InChI=1S/C13H25N5/c1-9(2)6-5-7-10(3)17-12-11(4)13(18-14)16-8-15-12/h8-10H,5-7,14H2,1-4H3,(H2,15,16,17,18). The average Bonchev–Trinajstić information content (AvgIpc) is 2.31. The highest BCUT2D eigenvalue weighted by Gasteiger charge is 2.09. The van der Waals surface area contributed by atoms with Gasteiger partial charge in [-0.25, -0.2) is 15.8 Å². The van der Waals surface area contributed by atoms with Gasteiger partial charge in [0.2, 0.25) is 0 Å². The van der Waals surface area contributed by atoms with Gasteiger partial charge in [0.1, 0.15) is 18.0 Å². The number of hydrazine groups is 1. The first-order valence-electron chi connectivity index (χ1n) is 6.59. The summed E-state index contributed by atoms with van der Waals surface area (Å²) in [4.78, 5) is 8.32. The van der Waals surface area contributed by atoms with Gasteiger partial charge >= 0.3 is 0 Å². The van der Waals surface area contributed by atoms with Crippen LogP contribution in [0.3, 0.4) is 0 Å². The third kappa shape index (κ3) is 4.49. The Morgan fingerprint density at radius 2 is 1.83 bits per heavy atom. The van der Waals surface area contributed by atoms with E-state index in [1.807, 2.05) is 6.92 Å². The molecule has 5 heteroatoms. The van der Waals surface area contributed by atoms with E-state index in [-0.39, 0.29) is 0 Å². The molecule has 1 aromatic rings. The Morgan fingerprint density at radius 1 is 1.17 bits per heavy atom. The highest BCUT2D eigenvalue weighted by atomic mass is 15.3. The maximum atomic E-state index is 5.40. The van der Waals surface area contributed by atoms with Gasteiger partial charge in [-0.3, -0.25) is 0 Å². The van der Waals surface area contributed by atoms with E-state index in [0.717, 1.165) is 23.7 Å². The average molecular weight is 251 g/mol. The SMILES string of the molecule is Cc1c(NN)ncnc1NC(C)CCCC(C)C. The minimum Gasteiger partial charge on any atom is -0.367 e. The van der Waals surface area contributed by atoms with Crippen LogP contribution in [0.4, 0.5) is 11.6 Å². The minimum atomic E-state index is 0.406. The fourth-order valence-corrected chi connectivity index (χ4v) is 1.88. The summed E-state index contributed by atoms with van der Waals surface area (Å²) < 4.78 is 0. The van der Waals surface area contributed by atoms with E-state index in [1.165, 1.54) is 19.2 Å². The number of nitrogens with two attached hydrogens (primary N) is 1. The number of nitrogens with zero attached hydrogens (tertiary/aromatic N) is 2. The Bertz CT molecular complexity index is 364. The second kappa shape index (κ2) is 7.16. The molecule has 0 aromatic carbocycles. The van der Waals surface area contributed by atoms with E-state index in [1.54, 1.807) is 0 Å². The Balaban J connectivity index is 2.51. The highest BCUT2D eigenvalue weighted by molar-refractivity contribution is 5.56. The van der Waals surface area contributed by atoms with Crippen molar-refractivity contribution >= 4 is 11.6 Å². The third-order valence-electron chi connectivity index (χ3n) is 3.02. The Morgan fingerprint density at radius 3 is 2.44 bits per heavy atom. The maximum Gasteiger partial charge on any atom is 0.148 e. The summed E-state index contributed by atoms with van der Waals surface area (Å²) >= 11 is 0. The second-order valence-corrected chi connectivity index (χ2v) is 5.21. The van der Waals surface area contributed by atoms with Crippen molar-refractivity contribution in [1.29, 1.82) is 0 Å². The van der Waals surface area contributed by atoms with Gasteiger partial charge in [-0.1, -0.05) is 26.7 Å². The molecule has 1 rings (SSSR count). The van der Waals surface area contributed by atoms with E-state index in [9.17, 15) is 0 Å². The van der Waals surface area contributed by atoms with E-state index in [4.69, 9.17) is 5.84 Å². The van der Waals surface area contributed by atoms with Crippen molar-refractivity contribution in [2.45, 2.75) is 53.0 Å². The van der Waals surface area contributed by atoms with Crippen LogP contribution in [-0.4, -0.2) is 16.0 Å². The summed E-state index contributed by atoms with van der Waals surface area (Å²) in [6.45, 7) is 8.65. The largest absolute Gasteiger partial charge is 0.367 e. The van der Waals surface area contributed by atoms with E-state index < -0.39 is 0 Å². The van der Waals surface area contributed by atoms with Gasteiger partial charge in [-0.15, -0.1) is 0 Å². The van der Waals surface area contributed by atoms with Crippen molar-refractivity contribution in [1.82, 2.24) is 9.97 Å². The predicted molar refractivity (Wildman–Crippen MR) is 76.4 cm³/mol. The summed E-state index contributed by atoms with van der Waals surface area (Å²) in [7, 11) is 0. The zero-order valence-electron chi connectivity index (χ0n) is 11.8. The lowest BCUT2D eigenvalue weighted by Crippen LogP contribution is -2.18. The zero-order chi connectivity index (χ0) is 13.5. The molecule has 1 heterocycles. The van der Waals surface area contributed by atoms with Crippen LogP contribution in [0.15, 0.2) is 6.33 Å². The molecule has 5 nitrogen and oxygen atoms in total. The summed E-state index contributed by atoms with van der Waals surface area (Å²) in [6, 6.07) is 0.406. The number of aromatic nitrogens is 2. The van der Waals surface area contributed by atoms with Crippen LogP contribution < -0.4 is 16.6 Å². The van der Waals surface area contributed by atoms with Gasteiger partial charge in [-0.2, -0.15) is 0 Å². The topological polar surface area (TPSA) is 75.9 Å². The van der Waals surface area contributed by atoms with Crippen molar-refractivity contribution in [3.63, 3.8) is 0 Å². The van der Waals surface area contributed by atoms with Crippen molar-refractivity contribution in [3.05, 3.63) is 11.9 Å². The molecular formula is C13H25N5. The van der Waals surface area contributed by atoms with Crippen molar-refractivity contribution in [3.8, 4) is 0 Å². The summed E-state index contributed by atoms with van der Waals surface area (Å²) in [5.74, 6) is 7.69. The molecule has 0 spiro atoms. The third-order valence-corrected chi connectivity index (χ3v) is 3.02. The molecule has 0 fully saturated rings. The zero-order valence-corrected chi connectivity index (χ0v) is 11.8. The quantitative estimate of drug-likeness (QED) is 0.513. The summed E-state index contributed by atoms with van der Waals surface area (Å²) in [5, 5.41) is 3.41. The lowest BCUT2D eigenvalue weighted by atomic mass is 10.0. The van der Waals surface area contributed by atoms with Gasteiger partial charge in [0.25, 0.3) is 0 Å². The molecule has 0 bridgehead atoms. The molecular weight excluding hydrogens is 226 g/mol. The lowest BCUT2D eigenvalue weighted by molar-refractivity contribution is 0.520. The monoisotopic (exact) mass is 251 g/mol. The summed E-state index contributed by atoms with van der Waals surface area (Å²) in [5.41, 5.74) is 3.53. The Labute approximate surface area is 110 Å². The molecule has 1 aromatic heterocycles. The highest BCUT2D eigenvalue weighted by Crippen LogP contribution is 2.19. The first kappa shape index (κ1) is 14.7. The van der Waals surface area contributed by atoms with Crippen molar-refractivity contribution < 1.29 is 0 Å². The van der Waals surface area contributed by atoms with Gasteiger partial charge in [-0.05, 0) is 26.2 Å². The molecule has 4 N–H and O–H groups in total. The molecule has 1 unspecified atom stereocenters. The van der Waals surface area contributed by atoms with E-state index in [2.05, 4.69) is 41.5 Å². The lowest BCUT2D eigenvalue weighted by Gasteiger charge is -2.17. The molecule has 18 heavy (non-hydrogen) atoms. The fraction of sp³-hybridized carbons (Fsp3) is 0.692. The molecule has 0 aliphatic rings. The molecule has 0 radical (unpaired) electrons. The fourth-order valence-electron chi connectivity index (χ4n) is 1.88. The molecule has 0 saturated carbocycles. The smallest absolute Gasteiger partial charge is 0.148 e. The van der Waals surface area contributed by atoms with Gasteiger partial charge in [0.05, 0.1) is 0 Å². The van der Waals surface area contributed by atoms with E-state index in [0.29, 0.717) is 11.9 Å². The van der Waals surface area contributed by atoms with Gasteiger partial charge in [0.15, 0.2) is 0 Å².